The number of halogens is 3. The molecule has 0 aromatic heterocycles. The van der Waals surface area contributed by atoms with E-state index >= 15 is 0 Å². The summed E-state index contributed by atoms with van der Waals surface area (Å²) in [6.45, 7) is 1.47. The minimum absolute atomic E-state index is 0.0590. The van der Waals surface area contributed by atoms with Crippen molar-refractivity contribution in [3.05, 3.63) is 0 Å². The van der Waals surface area contributed by atoms with Crippen LogP contribution in [0.5, 0.6) is 0 Å². The van der Waals surface area contributed by atoms with Gasteiger partial charge < -0.3 is 11.1 Å². The van der Waals surface area contributed by atoms with Crippen LogP contribution in [-0.2, 0) is 9.53 Å². The second kappa shape index (κ2) is 11.1. The molecule has 4 rings (SSSR count). The van der Waals surface area contributed by atoms with E-state index in [-0.39, 0.29) is 35.7 Å². The fourth-order valence-electron chi connectivity index (χ4n) is 7.02. The Labute approximate surface area is 201 Å². The molecule has 1 aliphatic heterocycles. The van der Waals surface area contributed by atoms with Gasteiger partial charge in [0.1, 0.15) is 0 Å². The minimum atomic E-state index is -4.58. The molecule has 4 atom stereocenters. The maximum Gasteiger partial charge on any atom is 0.522 e. The summed E-state index contributed by atoms with van der Waals surface area (Å²) in [7, 11) is 0. The van der Waals surface area contributed by atoms with E-state index in [1.54, 1.807) is 0 Å². The zero-order valence-corrected chi connectivity index (χ0v) is 20.1. The van der Waals surface area contributed by atoms with Gasteiger partial charge in [-0.05, 0) is 82.0 Å². The summed E-state index contributed by atoms with van der Waals surface area (Å²) in [5, 5.41) is 11.2. The van der Waals surface area contributed by atoms with E-state index < -0.39 is 12.5 Å². The Bertz CT molecular complexity index is 705. The van der Waals surface area contributed by atoms with Crippen LogP contribution in [0.25, 0.3) is 0 Å². The highest BCUT2D eigenvalue weighted by Gasteiger charge is 2.48. The molecule has 0 spiro atoms. The molecule has 4 fully saturated rings. The molecule has 1 saturated heterocycles. The van der Waals surface area contributed by atoms with E-state index in [9.17, 15) is 18.0 Å². The number of alkyl halides is 3. The number of nitrogens with zero attached hydrogens (tertiary/aromatic N) is 1. The van der Waals surface area contributed by atoms with Crippen LogP contribution in [0.3, 0.4) is 0 Å². The average Bonchev–Trinajstić information content (AvgIpc) is 3.16. The lowest BCUT2D eigenvalue weighted by Crippen LogP contribution is -2.50. The molecule has 3 saturated carbocycles. The smallest absolute Gasteiger partial charge is 0.387 e. The van der Waals surface area contributed by atoms with Gasteiger partial charge >= 0.3 is 6.36 Å². The molecule has 34 heavy (non-hydrogen) atoms. The van der Waals surface area contributed by atoms with Gasteiger partial charge in [-0.2, -0.15) is 0 Å². The molecule has 6 nitrogen and oxygen atoms in total. The molecular formula is C25H41F3N4O2. The number of ether oxygens (including phenoxy) is 1. The number of carbonyl (C=O) groups is 1. The highest BCUT2D eigenvalue weighted by atomic mass is 19.4. The Morgan fingerprint density at radius 1 is 0.971 bits per heavy atom. The van der Waals surface area contributed by atoms with Gasteiger partial charge in [-0.3, -0.25) is 19.8 Å². The normalized spacial score (nSPS) is 35.6. The molecule has 0 radical (unpaired) electrons. The summed E-state index contributed by atoms with van der Waals surface area (Å²) in [5.74, 6) is 1.65. The van der Waals surface area contributed by atoms with Crippen LogP contribution in [0.15, 0.2) is 0 Å². The van der Waals surface area contributed by atoms with Crippen molar-refractivity contribution in [2.45, 2.75) is 108 Å². The third kappa shape index (κ3) is 6.65. The second-order valence-electron chi connectivity index (χ2n) is 11.2. The molecule has 4 unspecified atom stereocenters. The van der Waals surface area contributed by atoms with Gasteiger partial charge in [-0.15, -0.1) is 13.2 Å². The largest absolute Gasteiger partial charge is 0.522 e. The summed E-state index contributed by atoms with van der Waals surface area (Å²) in [6.07, 6.45) is 6.50. The maximum absolute atomic E-state index is 13.3. The van der Waals surface area contributed by atoms with Gasteiger partial charge in [0, 0.05) is 25.0 Å². The van der Waals surface area contributed by atoms with Crippen LogP contribution in [0, 0.1) is 29.1 Å². The second-order valence-corrected chi connectivity index (χ2v) is 11.2. The number of likely N-dealkylation sites (tertiary alicyclic amines) is 1. The number of hydrogen-bond acceptors (Lipinski definition) is 4. The van der Waals surface area contributed by atoms with Gasteiger partial charge in [0.05, 0.1) is 18.0 Å². The molecule has 0 aromatic rings. The van der Waals surface area contributed by atoms with Crippen LogP contribution in [0.4, 0.5) is 13.2 Å². The van der Waals surface area contributed by atoms with Gasteiger partial charge in [0.2, 0.25) is 5.91 Å². The Morgan fingerprint density at radius 3 is 2.32 bits per heavy atom. The molecule has 4 N–H and O–H groups in total. The predicted octanol–water partition coefficient (Wildman–Crippen LogP) is 4.57. The number of fused-ring (bicyclic) bond motifs is 1. The third-order valence-corrected chi connectivity index (χ3v) is 8.90. The van der Waals surface area contributed by atoms with Gasteiger partial charge in [-0.1, -0.05) is 19.3 Å². The van der Waals surface area contributed by atoms with E-state index in [0.717, 1.165) is 38.8 Å². The van der Waals surface area contributed by atoms with Crippen LogP contribution in [0.2, 0.25) is 0 Å². The minimum Gasteiger partial charge on any atom is -0.387 e. The summed E-state index contributed by atoms with van der Waals surface area (Å²) in [5.41, 5.74) is 5.85. The number of carbonyl (C=O) groups excluding carboxylic acids is 1. The van der Waals surface area contributed by atoms with Crippen molar-refractivity contribution in [1.82, 2.24) is 10.2 Å². The topological polar surface area (TPSA) is 91.4 Å². The van der Waals surface area contributed by atoms with Crippen molar-refractivity contribution >= 4 is 11.7 Å². The van der Waals surface area contributed by atoms with Crippen LogP contribution < -0.4 is 11.1 Å². The van der Waals surface area contributed by atoms with E-state index in [0.29, 0.717) is 37.5 Å². The highest BCUT2D eigenvalue weighted by Crippen LogP contribution is 2.43. The van der Waals surface area contributed by atoms with E-state index in [2.05, 4.69) is 15.0 Å². The summed E-state index contributed by atoms with van der Waals surface area (Å²) in [6, 6.07) is 0.0330. The first-order valence-electron chi connectivity index (χ1n) is 13.3. The maximum atomic E-state index is 13.3. The monoisotopic (exact) mass is 486 g/mol. The lowest BCUT2D eigenvalue weighted by molar-refractivity contribution is -0.345. The van der Waals surface area contributed by atoms with E-state index in [4.69, 9.17) is 11.1 Å². The third-order valence-electron chi connectivity index (χ3n) is 8.90. The van der Waals surface area contributed by atoms with E-state index in [1.807, 2.05) is 0 Å². The Kier molecular flexibility index (Phi) is 8.44. The first-order chi connectivity index (χ1) is 16.2. The van der Waals surface area contributed by atoms with Gasteiger partial charge in [-0.25, -0.2) is 0 Å². The number of hydrogen-bond donors (Lipinski definition) is 3. The van der Waals surface area contributed by atoms with Crippen molar-refractivity contribution in [1.29, 1.82) is 5.41 Å². The Hall–Kier alpha value is -1.35. The number of nitrogens with one attached hydrogen (secondary N) is 2. The van der Waals surface area contributed by atoms with Gasteiger partial charge in [0.25, 0.3) is 0 Å². The lowest BCUT2D eigenvalue weighted by atomic mass is 9.77. The molecule has 9 heteroatoms. The zero-order valence-electron chi connectivity index (χ0n) is 20.1. The number of amidine groups is 1. The quantitative estimate of drug-likeness (QED) is 0.363. The number of nitrogens with two attached hydrogens (primary N) is 1. The number of rotatable bonds is 7. The van der Waals surface area contributed by atoms with Crippen molar-refractivity contribution < 1.29 is 22.7 Å². The van der Waals surface area contributed by atoms with Crippen molar-refractivity contribution in [3.8, 4) is 0 Å². The van der Waals surface area contributed by atoms with Crippen molar-refractivity contribution in [3.63, 3.8) is 0 Å². The van der Waals surface area contributed by atoms with Crippen LogP contribution >= 0.6 is 0 Å². The van der Waals surface area contributed by atoms with Gasteiger partial charge in [0.15, 0.2) is 0 Å². The molecule has 1 amide bonds. The fourth-order valence-corrected chi connectivity index (χ4v) is 7.02. The molecular weight excluding hydrogens is 445 g/mol. The molecule has 0 aromatic carbocycles. The zero-order chi connectivity index (χ0) is 24.3. The Morgan fingerprint density at radius 2 is 1.68 bits per heavy atom. The van der Waals surface area contributed by atoms with Crippen molar-refractivity contribution in [2.75, 3.05) is 13.1 Å². The highest BCUT2D eigenvalue weighted by molar-refractivity contribution is 5.82. The number of amides is 1. The summed E-state index contributed by atoms with van der Waals surface area (Å²) in [4.78, 5) is 15.7. The molecule has 4 aliphatic rings. The summed E-state index contributed by atoms with van der Waals surface area (Å²) < 4.78 is 42.0. The summed E-state index contributed by atoms with van der Waals surface area (Å²) >= 11 is 0. The average molecular weight is 487 g/mol. The SMILES string of the molecule is N=C(N)C1CCC2CC(C(=O)NCC3CCCCC3)N(CC3CCC(OC(F)(F)F)CC3)C2C1. The lowest BCUT2D eigenvalue weighted by Gasteiger charge is -2.39. The predicted molar refractivity (Wildman–Crippen MR) is 124 cm³/mol. The van der Waals surface area contributed by atoms with E-state index in [1.165, 1.54) is 32.1 Å². The molecule has 3 aliphatic carbocycles. The molecule has 1 heterocycles. The molecule has 194 valence electrons. The first kappa shape index (κ1) is 25.7. The van der Waals surface area contributed by atoms with Crippen molar-refractivity contribution in [2.24, 2.45) is 29.4 Å². The van der Waals surface area contributed by atoms with Crippen LogP contribution in [0.1, 0.15) is 83.5 Å². The fraction of sp³-hybridized carbons (Fsp3) is 0.920. The first-order valence-corrected chi connectivity index (χ1v) is 13.3. The van der Waals surface area contributed by atoms with Crippen LogP contribution in [-0.4, -0.2) is 54.3 Å². The molecule has 0 bridgehead atoms. The standard InChI is InChI=1S/C25H41F3N4O2/c26-25(27,28)34-20-10-6-17(7-11-20)15-32-21-13-19(23(29)30)9-8-18(21)12-22(32)24(33)31-14-16-4-2-1-3-5-16/h16-22H,1-15H2,(H3,29,30)(H,31,33). The Balaban J connectivity index is 1.38.